The molecule has 1 aromatic carbocycles. The molecule has 0 aliphatic rings. The lowest BCUT2D eigenvalue weighted by Gasteiger charge is -2.17. The van der Waals surface area contributed by atoms with Crippen molar-refractivity contribution in [3.63, 3.8) is 0 Å². The Morgan fingerprint density at radius 3 is 2.53 bits per heavy atom. The zero-order chi connectivity index (χ0) is 12.7. The van der Waals surface area contributed by atoms with Crippen LogP contribution in [0.25, 0.3) is 0 Å². The summed E-state index contributed by atoms with van der Waals surface area (Å²) in [5.74, 6) is 1.04. The molecule has 0 unspecified atom stereocenters. The van der Waals surface area contributed by atoms with Crippen molar-refractivity contribution in [2.75, 3.05) is 25.4 Å². The van der Waals surface area contributed by atoms with Crippen molar-refractivity contribution in [1.82, 2.24) is 4.90 Å². The van der Waals surface area contributed by atoms with Crippen molar-refractivity contribution in [1.29, 1.82) is 0 Å². The van der Waals surface area contributed by atoms with Gasteiger partial charge in [0.05, 0.1) is 11.6 Å². The summed E-state index contributed by atoms with van der Waals surface area (Å²) >= 11 is 7.92. The van der Waals surface area contributed by atoms with Gasteiger partial charge in [-0.1, -0.05) is 31.5 Å². The molecule has 0 radical (unpaired) electrons. The van der Waals surface area contributed by atoms with Crippen molar-refractivity contribution in [2.45, 2.75) is 25.3 Å². The molecule has 0 saturated heterocycles. The van der Waals surface area contributed by atoms with Gasteiger partial charge in [0.15, 0.2) is 0 Å². The molecule has 96 valence electrons. The molecule has 0 atom stereocenters. The molecular weight excluding hydrogens is 254 g/mol. The Kier molecular flexibility index (Phi) is 6.97. The number of aliphatic hydroxyl groups is 1. The molecule has 1 N–H and O–H groups in total. The van der Waals surface area contributed by atoms with Crippen LogP contribution in [-0.4, -0.2) is 35.4 Å². The molecule has 2 nitrogen and oxygen atoms in total. The van der Waals surface area contributed by atoms with Crippen LogP contribution in [0.15, 0.2) is 23.1 Å². The molecule has 0 spiro atoms. The maximum Gasteiger partial charge on any atom is 0.0682 e. The lowest BCUT2D eigenvalue weighted by Crippen LogP contribution is -2.25. The molecule has 0 aromatic heterocycles. The summed E-state index contributed by atoms with van der Waals surface area (Å²) < 4.78 is 0. The number of hydrogen-bond acceptors (Lipinski definition) is 3. The lowest BCUT2D eigenvalue weighted by molar-refractivity contribution is 0.282. The second kappa shape index (κ2) is 7.98. The van der Waals surface area contributed by atoms with Gasteiger partial charge >= 0.3 is 0 Å². The first-order chi connectivity index (χ1) is 8.21. The minimum absolute atomic E-state index is 0.0457. The monoisotopic (exact) mass is 273 g/mol. The van der Waals surface area contributed by atoms with Crippen LogP contribution in [0.5, 0.6) is 0 Å². The Balaban J connectivity index is 2.46. The summed E-state index contributed by atoms with van der Waals surface area (Å²) in [5.41, 5.74) is 0.864. The fourth-order valence-electron chi connectivity index (χ4n) is 1.58. The average Bonchev–Trinajstić information content (AvgIpc) is 2.36. The van der Waals surface area contributed by atoms with Gasteiger partial charge in [-0.05, 0) is 30.8 Å². The number of rotatable bonds is 7. The largest absolute Gasteiger partial charge is 0.392 e. The maximum atomic E-state index is 8.99. The second-order valence-corrected chi connectivity index (χ2v) is 5.34. The molecule has 1 rings (SSSR count). The molecule has 0 amide bonds. The number of halogens is 1. The summed E-state index contributed by atoms with van der Waals surface area (Å²) in [5, 5.41) is 9.73. The second-order valence-electron chi connectivity index (χ2n) is 3.80. The minimum atomic E-state index is 0.0457. The van der Waals surface area contributed by atoms with E-state index < -0.39 is 0 Å². The summed E-state index contributed by atoms with van der Waals surface area (Å²) in [7, 11) is 0. The van der Waals surface area contributed by atoms with Crippen molar-refractivity contribution in [3.8, 4) is 0 Å². The normalized spacial score (nSPS) is 11.1. The van der Waals surface area contributed by atoms with Crippen LogP contribution in [0.4, 0.5) is 0 Å². The van der Waals surface area contributed by atoms with E-state index in [0.717, 1.165) is 40.9 Å². The van der Waals surface area contributed by atoms with Crippen molar-refractivity contribution >= 4 is 23.4 Å². The summed E-state index contributed by atoms with van der Waals surface area (Å²) in [4.78, 5) is 3.49. The van der Waals surface area contributed by atoms with Crippen molar-refractivity contribution < 1.29 is 5.11 Å². The first kappa shape index (κ1) is 14.8. The van der Waals surface area contributed by atoms with E-state index in [9.17, 15) is 0 Å². The van der Waals surface area contributed by atoms with Gasteiger partial charge in [-0.3, -0.25) is 0 Å². The van der Waals surface area contributed by atoms with Gasteiger partial charge in [-0.2, -0.15) is 0 Å². The van der Waals surface area contributed by atoms with Gasteiger partial charge in [0.2, 0.25) is 0 Å². The van der Waals surface area contributed by atoms with E-state index in [-0.39, 0.29) is 6.61 Å². The fourth-order valence-corrected chi connectivity index (χ4v) is 2.88. The van der Waals surface area contributed by atoms with E-state index in [4.69, 9.17) is 16.7 Å². The van der Waals surface area contributed by atoms with Crippen LogP contribution in [0, 0.1) is 0 Å². The molecule has 0 heterocycles. The Morgan fingerprint density at radius 1 is 1.29 bits per heavy atom. The van der Waals surface area contributed by atoms with E-state index in [0.29, 0.717) is 0 Å². The van der Waals surface area contributed by atoms with E-state index in [1.807, 2.05) is 18.2 Å². The van der Waals surface area contributed by atoms with E-state index in [1.54, 1.807) is 11.8 Å². The minimum Gasteiger partial charge on any atom is -0.392 e. The lowest BCUT2D eigenvalue weighted by atomic mass is 10.2. The first-order valence-electron chi connectivity index (χ1n) is 5.95. The molecular formula is C13H20ClNOS. The molecule has 0 saturated carbocycles. The molecule has 17 heavy (non-hydrogen) atoms. The van der Waals surface area contributed by atoms with Gasteiger partial charge in [-0.15, -0.1) is 11.8 Å². The number of benzene rings is 1. The van der Waals surface area contributed by atoms with Crippen LogP contribution >= 0.6 is 23.4 Å². The smallest absolute Gasteiger partial charge is 0.0682 e. The van der Waals surface area contributed by atoms with E-state index in [2.05, 4.69) is 18.7 Å². The van der Waals surface area contributed by atoms with Gasteiger partial charge in [0, 0.05) is 17.2 Å². The highest BCUT2D eigenvalue weighted by atomic mass is 35.5. The Morgan fingerprint density at radius 2 is 2.00 bits per heavy atom. The number of hydrogen-bond donors (Lipinski definition) is 1. The van der Waals surface area contributed by atoms with E-state index in [1.165, 1.54) is 0 Å². The van der Waals surface area contributed by atoms with Crippen LogP contribution in [-0.2, 0) is 6.61 Å². The third-order valence-corrected chi connectivity index (χ3v) is 4.22. The van der Waals surface area contributed by atoms with Crippen LogP contribution in [0.2, 0.25) is 5.02 Å². The zero-order valence-electron chi connectivity index (χ0n) is 10.4. The van der Waals surface area contributed by atoms with Crippen molar-refractivity contribution in [3.05, 3.63) is 28.8 Å². The standard InChI is InChI=1S/C13H20ClNOS/c1-3-15(4-2)7-8-17-13-6-5-11(10-16)9-12(13)14/h5-6,9,16H,3-4,7-8,10H2,1-2H3. The maximum absolute atomic E-state index is 8.99. The predicted octanol–water partition coefficient (Wildman–Crippen LogP) is 3.27. The van der Waals surface area contributed by atoms with Crippen LogP contribution in [0.3, 0.4) is 0 Å². The SMILES string of the molecule is CCN(CC)CCSc1ccc(CO)cc1Cl. The van der Waals surface area contributed by atoms with E-state index >= 15 is 0 Å². The molecule has 0 aliphatic carbocycles. The average molecular weight is 274 g/mol. The Hall–Kier alpha value is -0.220. The highest BCUT2D eigenvalue weighted by molar-refractivity contribution is 7.99. The summed E-state index contributed by atoms with van der Waals surface area (Å²) in [6, 6.07) is 5.74. The van der Waals surface area contributed by atoms with Gasteiger partial charge in [-0.25, -0.2) is 0 Å². The summed E-state index contributed by atoms with van der Waals surface area (Å²) in [6.45, 7) is 7.66. The predicted molar refractivity (Wildman–Crippen MR) is 75.9 cm³/mol. The highest BCUT2D eigenvalue weighted by Crippen LogP contribution is 2.28. The fraction of sp³-hybridized carbons (Fsp3) is 0.538. The first-order valence-corrected chi connectivity index (χ1v) is 7.32. The van der Waals surface area contributed by atoms with Gasteiger partial charge in [0.25, 0.3) is 0 Å². The van der Waals surface area contributed by atoms with Gasteiger partial charge in [0.1, 0.15) is 0 Å². The van der Waals surface area contributed by atoms with Crippen molar-refractivity contribution in [2.24, 2.45) is 0 Å². The van der Waals surface area contributed by atoms with Gasteiger partial charge < -0.3 is 10.0 Å². The highest BCUT2D eigenvalue weighted by Gasteiger charge is 2.04. The molecule has 1 aromatic rings. The Bertz CT molecular complexity index is 342. The van der Waals surface area contributed by atoms with Crippen LogP contribution in [0.1, 0.15) is 19.4 Å². The topological polar surface area (TPSA) is 23.5 Å². The summed E-state index contributed by atoms with van der Waals surface area (Å²) in [6.07, 6.45) is 0. The number of thioether (sulfide) groups is 1. The molecule has 4 heteroatoms. The molecule has 0 aliphatic heterocycles. The molecule has 0 fully saturated rings. The van der Waals surface area contributed by atoms with Crippen LogP contribution < -0.4 is 0 Å². The molecule has 0 bridgehead atoms. The number of nitrogens with zero attached hydrogens (tertiary/aromatic N) is 1. The third-order valence-electron chi connectivity index (χ3n) is 2.74. The number of aliphatic hydroxyl groups excluding tert-OH is 1. The zero-order valence-corrected chi connectivity index (χ0v) is 12.0. The quantitative estimate of drug-likeness (QED) is 0.772. The third kappa shape index (κ3) is 4.88. The Labute approximate surface area is 113 Å².